The smallest absolute Gasteiger partial charge is 0.153 e. The van der Waals surface area contributed by atoms with Gasteiger partial charge in [-0.1, -0.05) is 44.7 Å². The molecule has 32 heavy (non-hydrogen) atoms. The van der Waals surface area contributed by atoms with Crippen LogP contribution < -0.4 is 4.90 Å². The normalized spacial score (nSPS) is 27.9. The molecule has 2 fully saturated rings. The van der Waals surface area contributed by atoms with E-state index in [0.717, 1.165) is 57.5 Å². The van der Waals surface area contributed by atoms with Crippen molar-refractivity contribution in [3.8, 4) is 0 Å². The maximum Gasteiger partial charge on any atom is 0.153 e. The van der Waals surface area contributed by atoms with E-state index in [1.165, 1.54) is 30.5 Å². The van der Waals surface area contributed by atoms with Gasteiger partial charge in [-0.2, -0.15) is 0 Å². The summed E-state index contributed by atoms with van der Waals surface area (Å²) in [5.41, 5.74) is 2.71. The van der Waals surface area contributed by atoms with E-state index in [9.17, 15) is 8.42 Å². The predicted molar refractivity (Wildman–Crippen MR) is 135 cm³/mol. The molecule has 1 aliphatic heterocycles. The molecule has 0 amide bonds. The second kappa shape index (κ2) is 11.9. The summed E-state index contributed by atoms with van der Waals surface area (Å²) in [5, 5.41) is -0.174. The summed E-state index contributed by atoms with van der Waals surface area (Å²) < 4.78 is 31.2. The lowest BCUT2D eigenvalue weighted by atomic mass is 9.80. The molecule has 1 saturated carbocycles. The molecule has 1 saturated heterocycles. The van der Waals surface area contributed by atoms with E-state index >= 15 is 0 Å². The minimum Gasteiger partial charge on any atom is -0.372 e. The Morgan fingerprint density at radius 3 is 2.19 bits per heavy atom. The number of hydrogen-bond donors (Lipinski definition) is 0. The zero-order chi connectivity index (χ0) is 23.1. The Morgan fingerprint density at radius 1 is 1.00 bits per heavy atom. The number of anilines is 1. The number of rotatable bonds is 10. The largest absolute Gasteiger partial charge is 0.372 e. The van der Waals surface area contributed by atoms with Gasteiger partial charge in [0.25, 0.3) is 0 Å². The van der Waals surface area contributed by atoms with Crippen LogP contribution >= 0.6 is 0 Å². The Morgan fingerprint density at radius 2 is 1.59 bits per heavy atom. The third-order valence-electron chi connectivity index (χ3n) is 7.57. The number of hydrogen-bond acceptors (Lipinski definition) is 4. The monoisotopic (exact) mass is 463 g/mol. The molecule has 0 aromatic heterocycles. The highest BCUT2D eigenvalue weighted by atomic mass is 32.2. The Labute approximate surface area is 197 Å². The SMILES string of the molecule is CCCCC(C)S(=O)(=O)CC1CCC(CCc2ccc(N3C[C@@H](C)O[C@@H](C)C3)cc2)CC1. The van der Waals surface area contributed by atoms with Crippen molar-refractivity contribution in [3.05, 3.63) is 29.8 Å². The van der Waals surface area contributed by atoms with E-state index in [2.05, 4.69) is 49.9 Å². The Balaban J connectivity index is 1.40. The molecule has 3 atom stereocenters. The van der Waals surface area contributed by atoms with Crippen molar-refractivity contribution in [3.63, 3.8) is 0 Å². The number of morpholine rings is 1. The summed E-state index contributed by atoms with van der Waals surface area (Å²) in [7, 11) is -2.94. The molecule has 0 spiro atoms. The summed E-state index contributed by atoms with van der Waals surface area (Å²) >= 11 is 0. The highest BCUT2D eigenvalue weighted by Gasteiger charge is 2.28. The van der Waals surface area contributed by atoms with E-state index in [-0.39, 0.29) is 17.5 Å². The van der Waals surface area contributed by atoms with Crippen molar-refractivity contribution >= 4 is 15.5 Å². The van der Waals surface area contributed by atoms with Crippen LogP contribution in [-0.4, -0.2) is 44.7 Å². The van der Waals surface area contributed by atoms with Gasteiger partial charge < -0.3 is 9.64 Å². The lowest BCUT2D eigenvalue weighted by molar-refractivity contribution is -0.00521. The van der Waals surface area contributed by atoms with Gasteiger partial charge in [0.05, 0.1) is 23.2 Å². The summed E-state index contributed by atoms with van der Waals surface area (Å²) in [6.07, 6.45) is 10.3. The topological polar surface area (TPSA) is 46.6 Å². The number of ether oxygens (including phenoxy) is 1. The maximum atomic E-state index is 12.7. The summed E-state index contributed by atoms with van der Waals surface area (Å²) in [6, 6.07) is 9.11. The minimum absolute atomic E-state index is 0.174. The second-order valence-electron chi connectivity index (χ2n) is 10.5. The van der Waals surface area contributed by atoms with Gasteiger partial charge in [0.1, 0.15) is 0 Å². The molecule has 0 radical (unpaired) electrons. The fourth-order valence-electron chi connectivity index (χ4n) is 5.48. The van der Waals surface area contributed by atoms with E-state index in [1.54, 1.807) is 0 Å². The highest BCUT2D eigenvalue weighted by Crippen LogP contribution is 2.33. The van der Waals surface area contributed by atoms with Gasteiger partial charge in [0.15, 0.2) is 9.84 Å². The summed E-state index contributed by atoms with van der Waals surface area (Å²) in [6.45, 7) is 10.2. The van der Waals surface area contributed by atoms with Crippen LogP contribution in [0.2, 0.25) is 0 Å². The molecule has 0 N–H and O–H groups in total. The van der Waals surface area contributed by atoms with Crippen LogP contribution in [0, 0.1) is 11.8 Å². The van der Waals surface area contributed by atoms with E-state index in [4.69, 9.17) is 4.74 Å². The Bertz CT molecular complexity index is 774. The van der Waals surface area contributed by atoms with Gasteiger partial charge in [-0.05, 0) is 82.4 Å². The van der Waals surface area contributed by atoms with Crippen molar-refractivity contribution in [2.24, 2.45) is 11.8 Å². The Hall–Kier alpha value is -1.07. The molecule has 1 aliphatic carbocycles. The molecule has 5 heteroatoms. The number of sulfone groups is 1. The van der Waals surface area contributed by atoms with Gasteiger partial charge in [-0.3, -0.25) is 0 Å². The molecule has 1 heterocycles. The second-order valence-corrected chi connectivity index (χ2v) is 13.0. The average Bonchev–Trinajstić information content (AvgIpc) is 2.76. The molecule has 1 aromatic carbocycles. The molecule has 182 valence electrons. The fraction of sp³-hybridized carbons (Fsp3) is 0.778. The molecular formula is C27H45NO3S. The molecule has 4 nitrogen and oxygen atoms in total. The van der Waals surface area contributed by atoms with Gasteiger partial charge in [0.2, 0.25) is 0 Å². The highest BCUT2D eigenvalue weighted by molar-refractivity contribution is 7.92. The molecule has 0 bridgehead atoms. The average molecular weight is 464 g/mol. The van der Waals surface area contributed by atoms with Crippen molar-refractivity contribution in [1.82, 2.24) is 0 Å². The number of benzene rings is 1. The third kappa shape index (κ3) is 7.48. The molecule has 1 aromatic rings. The van der Waals surface area contributed by atoms with E-state index < -0.39 is 9.84 Å². The first-order valence-electron chi connectivity index (χ1n) is 13.0. The van der Waals surface area contributed by atoms with Crippen molar-refractivity contribution < 1.29 is 13.2 Å². The molecule has 3 rings (SSSR count). The zero-order valence-corrected chi connectivity index (χ0v) is 21.6. The first-order chi connectivity index (χ1) is 15.3. The van der Waals surface area contributed by atoms with Gasteiger partial charge in [-0.15, -0.1) is 0 Å². The van der Waals surface area contributed by atoms with E-state index in [1.807, 2.05) is 6.92 Å². The predicted octanol–water partition coefficient (Wildman–Crippen LogP) is 6.03. The van der Waals surface area contributed by atoms with Crippen LogP contribution in [0.4, 0.5) is 5.69 Å². The summed E-state index contributed by atoms with van der Waals surface area (Å²) in [4.78, 5) is 2.43. The standard InChI is InChI=1S/C27H45NO3S/c1-5-6-7-23(4)32(29,30)20-26-12-10-24(11-13-26)8-9-25-14-16-27(17-15-25)28-18-21(2)31-22(3)19-28/h14-17,21-24,26H,5-13,18-20H2,1-4H3/t21-,22+,23?,24?,26?. The number of unbranched alkanes of at least 4 members (excludes halogenated alkanes) is 1. The van der Waals surface area contributed by atoms with Crippen LogP contribution in [0.25, 0.3) is 0 Å². The first kappa shape index (κ1) is 25.6. The van der Waals surface area contributed by atoms with Gasteiger partial charge in [-0.25, -0.2) is 8.42 Å². The van der Waals surface area contributed by atoms with E-state index in [0.29, 0.717) is 11.7 Å². The number of aryl methyl sites for hydroxylation is 1. The Kier molecular flexibility index (Phi) is 9.48. The van der Waals surface area contributed by atoms with Crippen LogP contribution in [0.5, 0.6) is 0 Å². The van der Waals surface area contributed by atoms with Crippen LogP contribution in [0.15, 0.2) is 24.3 Å². The molecular weight excluding hydrogens is 418 g/mol. The molecule has 1 unspecified atom stereocenters. The lowest BCUT2D eigenvalue weighted by Crippen LogP contribution is -2.45. The van der Waals surface area contributed by atoms with Crippen molar-refractivity contribution in [2.75, 3.05) is 23.7 Å². The van der Waals surface area contributed by atoms with Gasteiger partial charge in [0, 0.05) is 18.8 Å². The van der Waals surface area contributed by atoms with Crippen molar-refractivity contribution in [1.29, 1.82) is 0 Å². The minimum atomic E-state index is -2.94. The third-order valence-corrected chi connectivity index (χ3v) is 9.97. The maximum absolute atomic E-state index is 12.7. The van der Waals surface area contributed by atoms with Crippen LogP contribution in [-0.2, 0) is 21.0 Å². The molecule has 2 aliphatic rings. The first-order valence-corrected chi connectivity index (χ1v) is 14.7. The zero-order valence-electron chi connectivity index (χ0n) is 20.8. The quantitative estimate of drug-likeness (QED) is 0.425. The lowest BCUT2D eigenvalue weighted by Gasteiger charge is -2.37. The van der Waals surface area contributed by atoms with Gasteiger partial charge >= 0.3 is 0 Å². The van der Waals surface area contributed by atoms with Crippen LogP contribution in [0.1, 0.15) is 84.6 Å². The van der Waals surface area contributed by atoms with Crippen LogP contribution in [0.3, 0.4) is 0 Å². The van der Waals surface area contributed by atoms with Crippen molar-refractivity contribution in [2.45, 2.75) is 103 Å². The number of nitrogens with zero attached hydrogens (tertiary/aromatic N) is 1. The summed E-state index contributed by atoms with van der Waals surface area (Å²) in [5.74, 6) is 1.52. The fourth-order valence-corrected chi connectivity index (χ4v) is 7.33.